The summed E-state index contributed by atoms with van der Waals surface area (Å²) in [5, 5.41) is 11.9. The lowest BCUT2D eigenvalue weighted by Crippen LogP contribution is -2.43. The number of aliphatic hydroxyl groups excluding tert-OH is 1. The van der Waals surface area contributed by atoms with E-state index in [1.807, 2.05) is 24.0 Å². The van der Waals surface area contributed by atoms with Crippen LogP contribution in [0.1, 0.15) is 38.2 Å². The number of aryl methyl sites for hydroxylation is 1. The fraction of sp³-hybridized carbons (Fsp3) is 0.485. The molecule has 3 aliphatic heterocycles. The zero-order valence-electron chi connectivity index (χ0n) is 24.5. The van der Waals surface area contributed by atoms with Crippen molar-refractivity contribution in [3.05, 3.63) is 53.7 Å². The quantitative estimate of drug-likeness (QED) is 0.318. The van der Waals surface area contributed by atoms with Crippen LogP contribution in [0.15, 0.2) is 36.5 Å². The van der Waals surface area contributed by atoms with E-state index in [1.165, 1.54) is 6.07 Å². The van der Waals surface area contributed by atoms with Crippen molar-refractivity contribution < 1.29 is 23.4 Å². The van der Waals surface area contributed by atoms with Crippen LogP contribution in [0.5, 0.6) is 6.01 Å². The molecule has 0 amide bonds. The molecule has 0 saturated carbocycles. The molecule has 5 heterocycles. The van der Waals surface area contributed by atoms with Crippen LogP contribution in [0.4, 0.5) is 14.6 Å². The Morgan fingerprint density at radius 1 is 1.09 bits per heavy atom. The Balaban J connectivity index is 1.37. The number of ether oxygens (including phenoxy) is 2. The first-order valence-electron chi connectivity index (χ1n) is 15.4. The van der Waals surface area contributed by atoms with Gasteiger partial charge in [-0.1, -0.05) is 31.2 Å². The van der Waals surface area contributed by atoms with Gasteiger partial charge in [-0.25, -0.2) is 8.78 Å². The number of hydrogen-bond donors (Lipinski definition) is 1. The van der Waals surface area contributed by atoms with Gasteiger partial charge in [0.1, 0.15) is 29.5 Å². The molecule has 0 radical (unpaired) electrons. The van der Waals surface area contributed by atoms with Gasteiger partial charge in [0.15, 0.2) is 5.82 Å². The molecule has 0 bridgehead atoms. The minimum Gasteiger partial charge on any atom is -0.461 e. The van der Waals surface area contributed by atoms with Crippen LogP contribution in [-0.2, 0) is 11.2 Å². The van der Waals surface area contributed by atoms with Gasteiger partial charge in [-0.2, -0.15) is 9.97 Å². The number of hydrogen-bond acceptors (Lipinski definition) is 8. The second-order valence-electron chi connectivity index (χ2n) is 12.1. The lowest BCUT2D eigenvalue weighted by molar-refractivity contribution is 0.0959. The topological polar surface area (TPSA) is 83.8 Å². The van der Waals surface area contributed by atoms with Crippen LogP contribution in [0, 0.1) is 17.6 Å². The normalized spacial score (nSPS) is 20.6. The predicted molar refractivity (Wildman–Crippen MR) is 161 cm³/mol. The number of aromatic nitrogens is 3. The first-order chi connectivity index (χ1) is 21.0. The fourth-order valence-electron chi connectivity index (χ4n) is 7.33. The number of benzene rings is 2. The van der Waals surface area contributed by atoms with Crippen molar-refractivity contribution in [3.63, 3.8) is 0 Å². The molecule has 7 rings (SSSR count). The molecule has 43 heavy (non-hydrogen) atoms. The highest BCUT2D eigenvalue weighted by atomic mass is 19.1. The average molecular weight is 590 g/mol. The average Bonchev–Trinajstić information content (AvgIpc) is 3.52. The van der Waals surface area contributed by atoms with Gasteiger partial charge in [-0.3, -0.25) is 9.88 Å². The van der Waals surface area contributed by atoms with Crippen molar-refractivity contribution >= 4 is 27.5 Å². The lowest BCUT2D eigenvalue weighted by atomic mass is 9.95. The van der Waals surface area contributed by atoms with E-state index < -0.39 is 5.82 Å². The van der Waals surface area contributed by atoms with Gasteiger partial charge >= 0.3 is 6.01 Å². The third-order valence-electron chi connectivity index (χ3n) is 9.52. The second kappa shape index (κ2) is 11.6. The minimum atomic E-state index is -0.601. The zero-order valence-corrected chi connectivity index (χ0v) is 24.5. The van der Waals surface area contributed by atoms with Crippen molar-refractivity contribution in [2.24, 2.45) is 5.92 Å². The largest absolute Gasteiger partial charge is 0.461 e. The number of aliphatic hydroxyl groups is 1. The number of anilines is 1. The first-order valence-corrected chi connectivity index (χ1v) is 15.4. The molecule has 2 aromatic heterocycles. The Bertz CT molecular complexity index is 1660. The molecule has 3 saturated heterocycles. The van der Waals surface area contributed by atoms with Crippen molar-refractivity contribution in [3.8, 4) is 17.3 Å². The molecule has 8 nitrogen and oxygen atoms in total. The molecule has 1 atom stereocenters. The summed E-state index contributed by atoms with van der Waals surface area (Å²) >= 11 is 0. The highest BCUT2D eigenvalue weighted by molar-refractivity contribution is 6.00. The number of pyridine rings is 1. The molecular formula is C33H37F2N5O3. The van der Waals surface area contributed by atoms with Crippen LogP contribution >= 0.6 is 0 Å². The van der Waals surface area contributed by atoms with E-state index in [1.54, 1.807) is 18.3 Å². The van der Waals surface area contributed by atoms with E-state index in [0.29, 0.717) is 67.0 Å². The first kappa shape index (κ1) is 28.3. The number of nitrogens with zero attached hydrogens (tertiary/aromatic N) is 5. The van der Waals surface area contributed by atoms with E-state index in [0.717, 1.165) is 44.2 Å². The summed E-state index contributed by atoms with van der Waals surface area (Å²) in [4.78, 5) is 18.6. The molecule has 0 aliphatic carbocycles. The standard InChI is InChI=1S/C33H37F2N5O3/c1-2-23-26(34)9-8-22-6-3-7-24(27(22)23)29-28(35)30-25(16-36-29)31(39-14-15-42-19-21(17-39)18-41)38-32(37-30)43-20-33-10-4-12-40(33)13-5-11-33/h3,6-9,16,21,41H,2,4-5,10-15,17-20H2,1H3. The third kappa shape index (κ3) is 4.99. The van der Waals surface area contributed by atoms with E-state index in [2.05, 4.69) is 14.9 Å². The molecule has 1 unspecified atom stereocenters. The summed E-state index contributed by atoms with van der Waals surface area (Å²) in [6.45, 7) is 6.34. The molecule has 226 valence electrons. The molecule has 0 spiro atoms. The minimum absolute atomic E-state index is 0.0254. The highest BCUT2D eigenvalue weighted by Crippen LogP contribution is 2.40. The Morgan fingerprint density at radius 3 is 2.72 bits per heavy atom. The van der Waals surface area contributed by atoms with Gasteiger partial charge in [-0.15, -0.1) is 0 Å². The number of fused-ring (bicyclic) bond motifs is 3. The molecule has 10 heteroatoms. The van der Waals surface area contributed by atoms with Gasteiger partial charge in [-0.05, 0) is 67.6 Å². The summed E-state index contributed by atoms with van der Waals surface area (Å²) in [6, 6.07) is 8.81. The Kier molecular flexibility index (Phi) is 7.61. The van der Waals surface area contributed by atoms with Crippen molar-refractivity contribution in [1.29, 1.82) is 0 Å². The smallest absolute Gasteiger partial charge is 0.319 e. The molecule has 4 aromatic rings. The third-order valence-corrected chi connectivity index (χ3v) is 9.52. The van der Waals surface area contributed by atoms with Crippen molar-refractivity contribution in [2.75, 3.05) is 57.5 Å². The summed E-state index contributed by atoms with van der Waals surface area (Å²) in [6.07, 6.45) is 6.47. The SMILES string of the molecule is CCc1c(F)ccc2cccc(-c3ncc4c(N5CCOCC(CO)C5)nc(OCC56CCCN5CCC6)nc4c3F)c12. The summed E-state index contributed by atoms with van der Waals surface area (Å²) in [5.74, 6) is -0.530. The Hall–Kier alpha value is -3.47. The monoisotopic (exact) mass is 589 g/mol. The summed E-state index contributed by atoms with van der Waals surface area (Å²) < 4.78 is 43.7. The van der Waals surface area contributed by atoms with Crippen LogP contribution in [0.2, 0.25) is 0 Å². The van der Waals surface area contributed by atoms with E-state index in [-0.39, 0.29) is 41.1 Å². The van der Waals surface area contributed by atoms with E-state index in [4.69, 9.17) is 14.5 Å². The molecule has 3 aliphatic rings. The van der Waals surface area contributed by atoms with Crippen LogP contribution < -0.4 is 9.64 Å². The van der Waals surface area contributed by atoms with Crippen LogP contribution in [0.3, 0.4) is 0 Å². The maximum atomic E-state index is 16.7. The van der Waals surface area contributed by atoms with Gasteiger partial charge in [0, 0.05) is 37.4 Å². The number of halogens is 2. The maximum absolute atomic E-state index is 16.7. The van der Waals surface area contributed by atoms with Crippen LogP contribution in [-0.4, -0.2) is 83.1 Å². The molecule has 2 aromatic carbocycles. The summed E-state index contributed by atoms with van der Waals surface area (Å²) in [7, 11) is 0. The van der Waals surface area contributed by atoms with Gasteiger partial charge in [0.25, 0.3) is 0 Å². The molecule has 1 N–H and O–H groups in total. The lowest BCUT2D eigenvalue weighted by Gasteiger charge is -2.31. The Labute approximate surface area is 249 Å². The molecule has 3 fully saturated rings. The second-order valence-corrected chi connectivity index (χ2v) is 12.1. The summed E-state index contributed by atoms with van der Waals surface area (Å²) in [5.41, 5.74) is 1.24. The van der Waals surface area contributed by atoms with E-state index >= 15 is 4.39 Å². The molecular weight excluding hydrogens is 552 g/mol. The van der Waals surface area contributed by atoms with Crippen molar-refractivity contribution in [1.82, 2.24) is 19.9 Å². The van der Waals surface area contributed by atoms with E-state index in [9.17, 15) is 9.50 Å². The van der Waals surface area contributed by atoms with Gasteiger partial charge in [0.05, 0.1) is 24.1 Å². The zero-order chi connectivity index (χ0) is 29.6. The maximum Gasteiger partial charge on any atom is 0.319 e. The predicted octanol–water partition coefficient (Wildman–Crippen LogP) is 5.14. The van der Waals surface area contributed by atoms with Gasteiger partial charge in [0.2, 0.25) is 0 Å². The Morgan fingerprint density at radius 2 is 1.93 bits per heavy atom. The van der Waals surface area contributed by atoms with Crippen molar-refractivity contribution in [2.45, 2.75) is 44.6 Å². The fourth-order valence-corrected chi connectivity index (χ4v) is 7.33. The van der Waals surface area contributed by atoms with Crippen LogP contribution in [0.25, 0.3) is 32.9 Å². The number of rotatable bonds is 7. The van der Waals surface area contributed by atoms with Gasteiger partial charge < -0.3 is 19.5 Å². The highest BCUT2D eigenvalue weighted by Gasteiger charge is 2.45.